The maximum absolute atomic E-state index is 5.02. The number of aromatic nitrogens is 4. The van der Waals surface area contributed by atoms with Gasteiger partial charge in [-0.1, -0.05) is 48.5 Å². The summed E-state index contributed by atoms with van der Waals surface area (Å²) in [4.78, 5) is 16.9. The molecule has 5 heterocycles. The fourth-order valence-electron chi connectivity index (χ4n) is 4.60. The van der Waals surface area contributed by atoms with Crippen molar-refractivity contribution in [1.29, 1.82) is 0 Å². The molecular formula is C28H18N4. The van der Waals surface area contributed by atoms with Crippen LogP contribution in [0.2, 0.25) is 0 Å². The zero-order valence-corrected chi connectivity index (χ0v) is 17.1. The Kier molecular flexibility index (Phi) is 3.52. The van der Waals surface area contributed by atoms with Crippen molar-refractivity contribution < 1.29 is 0 Å². The quantitative estimate of drug-likeness (QED) is 0.284. The van der Waals surface area contributed by atoms with Crippen molar-refractivity contribution in [3.8, 4) is 22.5 Å². The molecule has 32 heavy (non-hydrogen) atoms. The molecule has 3 aromatic heterocycles. The number of H-pyrrole nitrogens is 2. The molecule has 8 bridgehead atoms. The Morgan fingerprint density at radius 2 is 1.09 bits per heavy atom. The van der Waals surface area contributed by atoms with E-state index in [0.717, 1.165) is 56.0 Å². The number of rotatable bonds is 0. The third-order valence-corrected chi connectivity index (χ3v) is 6.08. The van der Waals surface area contributed by atoms with E-state index < -0.39 is 0 Å². The second-order valence-electron chi connectivity index (χ2n) is 8.17. The molecule has 0 amide bonds. The average molecular weight is 410 g/mol. The van der Waals surface area contributed by atoms with Gasteiger partial charge < -0.3 is 9.97 Å². The van der Waals surface area contributed by atoms with E-state index in [2.05, 4.69) is 101 Å². The molecule has 2 aliphatic heterocycles. The number of aromatic amines is 2. The summed E-state index contributed by atoms with van der Waals surface area (Å²) in [6, 6.07) is 29.5. The third kappa shape index (κ3) is 2.70. The highest BCUT2D eigenvalue weighted by molar-refractivity contribution is 6.08. The van der Waals surface area contributed by atoms with Crippen LogP contribution in [0.5, 0.6) is 0 Å². The highest BCUT2D eigenvalue weighted by Crippen LogP contribution is 2.36. The molecular weight excluding hydrogens is 392 g/mol. The summed E-state index contributed by atoms with van der Waals surface area (Å²) in [5.41, 5.74) is 10.2. The Balaban J connectivity index is 1.67. The summed E-state index contributed by atoms with van der Waals surface area (Å²) in [5.74, 6) is 0. The summed E-state index contributed by atoms with van der Waals surface area (Å²) in [6.45, 7) is 0. The lowest BCUT2D eigenvalue weighted by Crippen LogP contribution is -1.74. The van der Waals surface area contributed by atoms with E-state index in [4.69, 9.17) is 9.97 Å². The van der Waals surface area contributed by atoms with Crippen LogP contribution in [0.4, 0.5) is 0 Å². The van der Waals surface area contributed by atoms with Gasteiger partial charge in [-0.05, 0) is 48.6 Å². The Labute approximate surface area is 184 Å². The minimum Gasteiger partial charge on any atom is -0.355 e. The van der Waals surface area contributed by atoms with Gasteiger partial charge in [0.15, 0.2) is 0 Å². The van der Waals surface area contributed by atoms with Crippen molar-refractivity contribution in [2.45, 2.75) is 0 Å². The standard InChI is InChI=1S/C28H18N4/c1-3-7-23-21(5-1)25-14-19-11-9-17(29-19)13-18-10-12-20(30-18)15-26-22-6-2-4-8-24(22)28(32-26)16-27(23)31-25/h1-16,29,32H. The smallest absolute Gasteiger partial charge is 0.0737 e. The van der Waals surface area contributed by atoms with Gasteiger partial charge in [-0.15, -0.1) is 0 Å². The molecule has 0 saturated heterocycles. The van der Waals surface area contributed by atoms with Gasteiger partial charge in [0.2, 0.25) is 0 Å². The second kappa shape index (κ2) is 6.53. The third-order valence-electron chi connectivity index (χ3n) is 6.08. The number of benzene rings is 2. The van der Waals surface area contributed by atoms with Crippen LogP contribution in [0.25, 0.3) is 67.5 Å². The molecule has 2 aromatic carbocycles. The van der Waals surface area contributed by atoms with Crippen LogP contribution >= 0.6 is 0 Å². The number of nitrogens with one attached hydrogen (secondary N) is 2. The Morgan fingerprint density at radius 3 is 1.84 bits per heavy atom. The lowest BCUT2D eigenvalue weighted by Gasteiger charge is -1.97. The summed E-state index contributed by atoms with van der Waals surface area (Å²) in [5, 5.41) is 2.35. The van der Waals surface area contributed by atoms with Crippen molar-refractivity contribution in [3.63, 3.8) is 0 Å². The van der Waals surface area contributed by atoms with Crippen LogP contribution in [0.3, 0.4) is 0 Å². The molecule has 0 fully saturated rings. The lowest BCUT2D eigenvalue weighted by atomic mass is 10.0. The summed E-state index contributed by atoms with van der Waals surface area (Å²) >= 11 is 0. The van der Waals surface area contributed by atoms with E-state index >= 15 is 0 Å². The Morgan fingerprint density at radius 1 is 0.500 bits per heavy atom. The minimum atomic E-state index is 0.929. The first kappa shape index (κ1) is 17.3. The summed E-state index contributed by atoms with van der Waals surface area (Å²) < 4.78 is 0. The van der Waals surface area contributed by atoms with Crippen LogP contribution < -0.4 is 0 Å². The zero-order valence-electron chi connectivity index (χ0n) is 17.1. The Bertz CT molecular complexity index is 1730. The normalized spacial score (nSPS) is 12.2. The maximum atomic E-state index is 5.02. The van der Waals surface area contributed by atoms with E-state index in [-0.39, 0.29) is 0 Å². The van der Waals surface area contributed by atoms with Crippen LogP contribution in [0.1, 0.15) is 11.4 Å². The molecule has 0 aliphatic carbocycles. The van der Waals surface area contributed by atoms with E-state index in [1.807, 2.05) is 6.08 Å². The van der Waals surface area contributed by atoms with Gasteiger partial charge in [-0.25, -0.2) is 9.97 Å². The first-order chi connectivity index (χ1) is 15.8. The van der Waals surface area contributed by atoms with Gasteiger partial charge in [-0.2, -0.15) is 0 Å². The molecule has 2 N–H and O–H groups in total. The molecule has 5 aromatic rings. The van der Waals surface area contributed by atoms with Gasteiger partial charge in [0.25, 0.3) is 0 Å². The highest BCUT2D eigenvalue weighted by Gasteiger charge is 2.15. The maximum Gasteiger partial charge on any atom is 0.0737 e. The molecule has 0 unspecified atom stereocenters. The van der Waals surface area contributed by atoms with Crippen molar-refractivity contribution in [2.24, 2.45) is 0 Å². The molecule has 4 nitrogen and oxygen atoms in total. The number of hydrogen-bond acceptors (Lipinski definition) is 2. The first-order valence-corrected chi connectivity index (χ1v) is 10.7. The van der Waals surface area contributed by atoms with Crippen molar-refractivity contribution in [3.05, 3.63) is 96.3 Å². The topological polar surface area (TPSA) is 57.4 Å². The van der Waals surface area contributed by atoms with Crippen LogP contribution in [0, 0.1) is 0 Å². The van der Waals surface area contributed by atoms with Crippen LogP contribution in [0.15, 0.2) is 84.9 Å². The zero-order chi connectivity index (χ0) is 21.1. The van der Waals surface area contributed by atoms with E-state index in [1.54, 1.807) is 0 Å². The second-order valence-corrected chi connectivity index (χ2v) is 8.17. The molecule has 0 spiro atoms. The summed E-state index contributed by atoms with van der Waals surface area (Å²) in [7, 11) is 0. The van der Waals surface area contributed by atoms with Crippen LogP contribution in [-0.2, 0) is 0 Å². The van der Waals surface area contributed by atoms with E-state index in [9.17, 15) is 0 Å². The average Bonchev–Trinajstić information content (AvgIpc) is 3.58. The Hall–Kier alpha value is -4.44. The fourth-order valence-corrected chi connectivity index (χ4v) is 4.60. The van der Waals surface area contributed by atoms with Gasteiger partial charge in [0.05, 0.1) is 22.8 Å². The van der Waals surface area contributed by atoms with Crippen molar-refractivity contribution in [1.82, 2.24) is 19.9 Å². The monoisotopic (exact) mass is 410 g/mol. The van der Waals surface area contributed by atoms with Gasteiger partial charge in [0, 0.05) is 44.0 Å². The van der Waals surface area contributed by atoms with Gasteiger partial charge in [0.1, 0.15) is 0 Å². The van der Waals surface area contributed by atoms with Crippen molar-refractivity contribution in [2.75, 3.05) is 0 Å². The lowest BCUT2D eigenvalue weighted by molar-refractivity contribution is 1.32. The van der Waals surface area contributed by atoms with Gasteiger partial charge in [-0.3, -0.25) is 0 Å². The fraction of sp³-hybridized carbons (Fsp3) is 0. The SMILES string of the molecule is C1=Cc2cc3[nH]c(cc4nc(cc5ccc(cc1n2)[nH]5)-c1ccccc1-4)c1ccccc31. The number of fused-ring (bicyclic) bond motifs is 14. The minimum absolute atomic E-state index is 0.929. The molecule has 4 heteroatoms. The predicted octanol–water partition coefficient (Wildman–Crippen LogP) is 6.97. The number of hydrogen-bond donors (Lipinski definition) is 2. The molecule has 2 aliphatic rings. The highest BCUT2D eigenvalue weighted by atomic mass is 14.8. The molecule has 0 saturated carbocycles. The van der Waals surface area contributed by atoms with E-state index in [1.165, 1.54) is 10.8 Å². The molecule has 0 atom stereocenters. The van der Waals surface area contributed by atoms with Gasteiger partial charge >= 0.3 is 0 Å². The van der Waals surface area contributed by atoms with Crippen LogP contribution in [-0.4, -0.2) is 19.9 Å². The largest absolute Gasteiger partial charge is 0.355 e. The predicted molar refractivity (Wildman–Crippen MR) is 132 cm³/mol. The van der Waals surface area contributed by atoms with Crippen molar-refractivity contribution >= 4 is 45.0 Å². The summed E-state index contributed by atoms with van der Waals surface area (Å²) in [6.07, 6.45) is 4.10. The molecule has 150 valence electrons. The number of nitrogens with zero attached hydrogens (tertiary/aromatic N) is 2. The molecule has 7 rings (SSSR count). The first-order valence-electron chi connectivity index (χ1n) is 10.7. The molecule has 0 radical (unpaired) electrons. The van der Waals surface area contributed by atoms with E-state index in [0.29, 0.717) is 0 Å².